The number of thiazole rings is 1. The molecule has 35 heavy (non-hydrogen) atoms. The monoisotopic (exact) mass is 518 g/mol. The highest BCUT2D eigenvalue weighted by atomic mass is 32.2. The van der Waals surface area contributed by atoms with Crippen LogP contribution in [0.5, 0.6) is 17.2 Å². The number of sulfone groups is 1. The maximum atomic E-state index is 13.1. The first-order valence-corrected chi connectivity index (χ1v) is 13.6. The zero-order chi connectivity index (χ0) is 25.0. The van der Waals surface area contributed by atoms with E-state index in [0.29, 0.717) is 47.8 Å². The summed E-state index contributed by atoms with van der Waals surface area (Å²) in [6.45, 7) is 3.34. The van der Waals surface area contributed by atoms with Crippen molar-refractivity contribution in [1.29, 1.82) is 0 Å². The lowest BCUT2D eigenvalue weighted by molar-refractivity contribution is 0.0916. The van der Waals surface area contributed by atoms with E-state index in [1.807, 2.05) is 6.92 Å². The Bertz CT molecular complexity index is 1280. The molecule has 4 rings (SSSR count). The summed E-state index contributed by atoms with van der Waals surface area (Å²) in [6, 6.07) is 10.9. The summed E-state index contributed by atoms with van der Waals surface area (Å²) < 4.78 is 45.8. The molecule has 0 aliphatic carbocycles. The second-order valence-corrected chi connectivity index (χ2v) is 11.2. The zero-order valence-electron chi connectivity index (χ0n) is 19.6. The van der Waals surface area contributed by atoms with Gasteiger partial charge in [-0.3, -0.25) is 10.1 Å². The van der Waals surface area contributed by atoms with Gasteiger partial charge in [-0.1, -0.05) is 11.3 Å². The lowest BCUT2D eigenvalue weighted by Crippen LogP contribution is -2.18. The van der Waals surface area contributed by atoms with E-state index in [2.05, 4.69) is 10.3 Å². The molecular formula is C24H26N2O7S2. The van der Waals surface area contributed by atoms with Gasteiger partial charge in [-0.05, 0) is 43.3 Å². The molecule has 0 spiro atoms. The number of methoxy groups -OCH3 is 1. The minimum atomic E-state index is -3.32. The molecular weight excluding hydrogens is 492 g/mol. The number of benzene rings is 2. The van der Waals surface area contributed by atoms with Crippen molar-refractivity contribution >= 4 is 32.2 Å². The van der Waals surface area contributed by atoms with Crippen LogP contribution >= 0.6 is 11.3 Å². The molecule has 0 bridgehead atoms. The van der Waals surface area contributed by atoms with E-state index in [1.165, 1.54) is 23.5 Å². The van der Waals surface area contributed by atoms with Crippen LogP contribution in [0.15, 0.2) is 47.4 Å². The van der Waals surface area contributed by atoms with Gasteiger partial charge in [0.25, 0.3) is 5.91 Å². The summed E-state index contributed by atoms with van der Waals surface area (Å²) in [4.78, 5) is 18.8. The maximum Gasteiger partial charge on any atom is 0.257 e. The highest BCUT2D eigenvalue weighted by Crippen LogP contribution is 2.31. The van der Waals surface area contributed by atoms with E-state index in [0.717, 1.165) is 23.2 Å². The molecule has 1 N–H and O–H groups in total. The third kappa shape index (κ3) is 6.57. The predicted molar refractivity (Wildman–Crippen MR) is 131 cm³/mol. The second kappa shape index (κ2) is 10.7. The summed E-state index contributed by atoms with van der Waals surface area (Å²) in [7, 11) is -1.74. The van der Waals surface area contributed by atoms with Crippen molar-refractivity contribution in [2.75, 3.05) is 31.9 Å². The quantitative estimate of drug-likeness (QED) is 0.451. The van der Waals surface area contributed by atoms with Crippen LogP contribution in [0.1, 0.15) is 27.9 Å². The summed E-state index contributed by atoms with van der Waals surface area (Å²) in [6.07, 6.45) is 1.60. The summed E-state index contributed by atoms with van der Waals surface area (Å²) >= 11 is 1.39. The normalized spacial score (nSPS) is 14.1. The Morgan fingerprint density at radius 3 is 2.60 bits per heavy atom. The van der Waals surface area contributed by atoms with Gasteiger partial charge in [-0.25, -0.2) is 13.4 Å². The van der Waals surface area contributed by atoms with E-state index in [9.17, 15) is 13.2 Å². The lowest BCUT2D eigenvalue weighted by Gasteiger charge is -2.16. The van der Waals surface area contributed by atoms with E-state index < -0.39 is 9.84 Å². The number of aromatic nitrogens is 1. The number of fused-ring (bicyclic) bond motifs is 1. The average Bonchev–Trinajstić information content (AvgIpc) is 3.21. The highest BCUT2D eigenvalue weighted by molar-refractivity contribution is 7.90. The van der Waals surface area contributed by atoms with Crippen molar-refractivity contribution in [2.24, 2.45) is 0 Å². The number of amides is 1. The van der Waals surface area contributed by atoms with Gasteiger partial charge in [0.2, 0.25) is 0 Å². The molecule has 0 saturated carbocycles. The van der Waals surface area contributed by atoms with Crippen molar-refractivity contribution in [3.8, 4) is 17.2 Å². The second-order valence-electron chi connectivity index (χ2n) is 8.07. The van der Waals surface area contributed by atoms with E-state index in [1.54, 1.807) is 37.4 Å². The number of rotatable bonds is 9. The Morgan fingerprint density at radius 1 is 1.17 bits per heavy atom. The van der Waals surface area contributed by atoms with Gasteiger partial charge < -0.3 is 18.9 Å². The van der Waals surface area contributed by atoms with Crippen molar-refractivity contribution in [3.63, 3.8) is 0 Å². The molecule has 2 heterocycles. The molecule has 9 nitrogen and oxygen atoms in total. The number of anilines is 1. The first kappa shape index (κ1) is 25.1. The Kier molecular flexibility index (Phi) is 7.70. The molecule has 1 aliphatic heterocycles. The lowest BCUT2D eigenvalue weighted by atomic mass is 10.2. The molecule has 1 aromatic heterocycles. The van der Waals surface area contributed by atoms with Crippen LogP contribution < -0.4 is 14.8 Å². The first-order chi connectivity index (χ1) is 16.7. The van der Waals surface area contributed by atoms with Crippen molar-refractivity contribution < 1.29 is 32.2 Å². The third-order valence-electron chi connectivity index (χ3n) is 5.08. The molecule has 0 fully saturated rings. The van der Waals surface area contributed by atoms with Crippen molar-refractivity contribution in [2.45, 2.75) is 31.0 Å². The van der Waals surface area contributed by atoms with Gasteiger partial charge in [0, 0.05) is 31.4 Å². The van der Waals surface area contributed by atoms with E-state index in [4.69, 9.17) is 18.9 Å². The molecule has 186 valence electrons. The standard InChI is InChI=1S/C24H26N2O7S2/c1-15(13-30-2)32-18-10-16(23(27)26-24-25-21-8-9-31-14-22(21)34-24)11-19(12-18)33-17-4-6-20(7-5-17)35(3,28)29/h4-7,10-12,15H,8-9,13-14H2,1-3H3,(H,25,26,27). The van der Waals surface area contributed by atoms with Crippen LogP contribution in [0.4, 0.5) is 5.13 Å². The van der Waals surface area contributed by atoms with Crippen LogP contribution in [0.3, 0.4) is 0 Å². The van der Waals surface area contributed by atoms with Crippen LogP contribution in [0.25, 0.3) is 0 Å². The van der Waals surface area contributed by atoms with Gasteiger partial charge in [0.15, 0.2) is 15.0 Å². The molecule has 3 aromatic rings. The van der Waals surface area contributed by atoms with Gasteiger partial charge in [0.05, 0.1) is 35.3 Å². The fourth-order valence-corrected chi connectivity index (χ4v) is 5.04. The summed E-state index contributed by atoms with van der Waals surface area (Å²) in [5.74, 6) is 0.838. The highest BCUT2D eigenvalue weighted by Gasteiger charge is 2.19. The third-order valence-corrected chi connectivity index (χ3v) is 7.20. The summed E-state index contributed by atoms with van der Waals surface area (Å²) in [5.41, 5.74) is 1.27. The molecule has 0 saturated heterocycles. The molecule has 11 heteroatoms. The molecule has 1 amide bonds. The van der Waals surface area contributed by atoms with E-state index in [-0.39, 0.29) is 16.9 Å². The van der Waals surface area contributed by atoms with Gasteiger partial charge in [0.1, 0.15) is 23.4 Å². The smallest absolute Gasteiger partial charge is 0.257 e. The van der Waals surface area contributed by atoms with Crippen LogP contribution in [-0.4, -0.2) is 52.0 Å². The first-order valence-electron chi connectivity index (χ1n) is 10.9. The number of carbonyl (C=O) groups excluding carboxylic acids is 1. The fourth-order valence-electron chi connectivity index (χ4n) is 3.47. The van der Waals surface area contributed by atoms with Crippen LogP contribution in [0, 0.1) is 0 Å². The number of carbonyl (C=O) groups is 1. The molecule has 1 aliphatic rings. The predicted octanol–water partition coefficient (Wildman–Crippen LogP) is 4.08. The number of hydrogen-bond donors (Lipinski definition) is 1. The van der Waals surface area contributed by atoms with Crippen molar-refractivity contribution in [3.05, 3.63) is 58.6 Å². The van der Waals surface area contributed by atoms with Crippen LogP contribution in [0.2, 0.25) is 0 Å². The zero-order valence-corrected chi connectivity index (χ0v) is 21.2. The molecule has 0 radical (unpaired) electrons. The number of ether oxygens (including phenoxy) is 4. The molecule has 2 aromatic carbocycles. The number of nitrogens with one attached hydrogen (secondary N) is 1. The van der Waals surface area contributed by atoms with Gasteiger partial charge in [-0.15, -0.1) is 0 Å². The molecule has 1 unspecified atom stereocenters. The maximum absolute atomic E-state index is 13.1. The van der Waals surface area contributed by atoms with E-state index >= 15 is 0 Å². The largest absolute Gasteiger partial charge is 0.488 e. The number of nitrogens with zero attached hydrogens (tertiary/aromatic N) is 1. The SMILES string of the molecule is COCC(C)Oc1cc(Oc2ccc(S(C)(=O)=O)cc2)cc(C(=O)Nc2nc3c(s2)COCC3)c1. The Hall–Kier alpha value is -2.99. The average molecular weight is 519 g/mol. The minimum absolute atomic E-state index is 0.187. The van der Waals surface area contributed by atoms with Gasteiger partial charge >= 0.3 is 0 Å². The topological polar surface area (TPSA) is 113 Å². The molecule has 1 atom stereocenters. The van der Waals surface area contributed by atoms with Crippen LogP contribution in [-0.2, 0) is 32.3 Å². The fraction of sp³-hybridized carbons (Fsp3) is 0.333. The Balaban J connectivity index is 1.58. The Labute approximate surface area is 207 Å². The number of hydrogen-bond acceptors (Lipinski definition) is 9. The van der Waals surface area contributed by atoms with Gasteiger partial charge in [-0.2, -0.15) is 0 Å². The summed E-state index contributed by atoms with van der Waals surface area (Å²) in [5, 5.41) is 3.35. The van der Waals surface area contributed by atoms with Crippen molar-refractivity contribution in [1.82, 2.24) is 4.98 Å². The minimum Gasteiger partial charge on any atom is -0.488 e. The Morgan fingerprint density at radius 2 is 1.91 bits per heavy atom.